The number of sulfonamides is 1. The highest BCUT2D eigenvalue weighted by Crippen LogP contribution is 2.58. The van der Waals surface area contributed by atoms with Gasteiger partial charge in [0.1, 0.15) is 11.5 Å². The number of nitrogens with zero attached hydrogens (tertiary/aromatic N) is 1. The monoisotopic (exact) mass is 561 g/mol. The van der Waals surface area contributed by atoms with Gasteiger partial charge in [0.2, 0.25) is 5.91 Å². The van der Waals surface area contributed by atoms with Gasteiger partial charge < -0.3 is 19.3 Å². The molecule has 0 bridgehead atoms. The maximum atomic E-state index is 13.6. The minimum absolute atomic E-state index is 0.0222. The van der Waals surface area contributed by atoms with Crippen molar-refractivity contribution >= 4 is 37.7 Å². The molecule has 1 aromatic heterocycles. The SMILES string of the molecule is CNC(=O)Cc1cc(OC)c(S(=O)(=O)Nc2noc3c2CC2(CC2)c2ccc(Br)cc2-3)c(OC)c1. The lowest BCUT2D eigenvalue weighted by atomic mass is 9.79. The molecule has 184 valence electrons. The number of hydrogen-bond donors (Lipinski definition) is 2. The number of fused-ring (bicyclic) bond motifs is 4. The van der Waals surface area contributed by atoms with Gasteiger partial charge in [-0.3, -0.25) is 9.52 Å². The molecular formula is C24H24BrN3O6S. The van der Waals surface area contributed by atoms with E-state index in [1.807, 2.05) is 12.1 Å². The maximum absolute atomic E-state index is 13.6. The molecule has 1 fully saturated rings. The van der Waals surface area contributed by atoms with Crippen molar-refractivity contribution in [2.24, 2.45) is 0 Å². The van der Waals surface area contributed by atoms with Crippen LogP contribution in [-0.2, 0) is 33.1 Å². The first-order chi connectivity index (χ1) is 16.7. The first kappa shape index (κ1) is 23.7. The van der Waals surface area contributed by atoms with Crippen LogP contribution in [0.4, 0.5) is 5.82 Å². The summed E-state index contributed by atoms with van der Waals surface area (Å²) in [5.74, 6) is 0.604. The van der Waals surface area contributed by atoms with Crippen LogP contribution in [0.5, 0.6) is 11.5 Å². The second-order valence-electron chi connectivity index (χ2n) is 8.77. The summed E-state index contributed by atoms with van der Waals surface area (Å²) in [4.78, 5) is 11.7. The Bertz CT molecular complexity index is 1420. The molecule has 5 rings (SSSR count). The normalized spacial score (nSPS) is 15.2. The molecule has 11 heteroatoms. The van der Waals surface area contributed by atoms with Crippen LogP contribution in [0.3, 0.4) is 0 Å². The highest BCUT2D eigenvalue weighted by atomic mass is 79.9. The molecule has 0 unspecified atom stereocenters. The van der Waals surface area contributed by atoms with Gasteiger partial charge in [-0.15, -0.1) is 0 Å². The largest absolute Gasteiger partial charge is 0.495 e. The maximum Gasteiger partial charge on any atom is 0.270 e. The van der Waals surface area contributed by atoms with Gasteiger partial charge in [-0.1, -0.05) is 27.2 Å². The Kier molecular flexibility index (Phi) is 5.79. The lowest BCUT2D eigenvalue weighted by molar-refractivity contribution is -0.119. The first-order valence-electron chi connectivity index (χ1n) is 11.0. The van der Waals surface area contributed by atoms with Crippen molar-refractivity contribution in [1.82, 2.24) is 10.5 Å². The molecule has 2 aliphatic carbocycles. The standard InChI is InChI=1S/C24H24BrN3O6S/c1-26-20(29)10-13-8-18(32-2)22(19(9-13)33-3)35(30,31)28-23-16-12-24(6-7-24)17-5-4-14(25)11-15(17)21(16)34-27-23/h4-5,8-9,11H,6-7,10,12H2,1-3H3,(H,26,29)(H,27,28). The quantitative estimate of drug-likeness (QED) is 0.450. The molecule has 3 aromatic rings. The Balaban J connectivity index is 1.55. The van der Waals surface area contributed by atoms with Crippen molar-refractivity contribution in [3.05, 3.63) is 51.5 Å². The number of benzene rings is 2. The molecule has 1 heterocycles. The van der Waals surface area contributed by atoms with E-state index in [-0.39, 0.29) is 40.0 Å². The van der Waals surface area contributed by atoms with E-state index in [2.05, 4.69) is 37.2 Å². The summed E-state index contributed by atoms with van der Waals surface area (Å²) in [7, 11) is 0.0654. The summed E-state index contributed by atoms with van der Waals surface area (Å²) in [6, 6.07) is 9.11. The Morgan fingerprint density at radius 1 is 1.17 bits per heavy atom. The van der Waals surface area contributed by atoms with Gasteiger partial charge in [0.25, 0.3) is 10.0 Å². The van der Waals surface area contributed by atoms with Gasteiger partial charge in [0, 0.05) is 28.1 Å². The highest BCUT2D eigenvalue weighted by Gasteiger charge is 2.50. The van der Waals surface area contributed by atoms with E-state index in [0.29, 0.717) is 17.7 Å². The fourth-order valence-electron chi connectivity index (χ4n) is 4.72. The number of nitrogens with one attached hydrogen (secondary N) is 2. The number of carbonyl (C=O) groups is 1. The molecule has 2 aliphatic rings. The lowest BCUT2D eigenvalue weighted by Crippen LogP contribution is -2.21. The number of rotatable bonds is 7. The van der Waals surface area contributed by atoms with E-state index >= 15 is 0 Å². The number of ether oxygens (including phenoxy) is 2. The van der Waals surface area contributed by atoms with Crippen molar-refractivity contribution in [2.45, 2.75) is 36.0 Å². The molecular weight excluding hydrogens is 538 g/mol. The van der Waals surface area contributed by atoms with Gasteiger partial charge in [0.15, 0.2) is 16.5 Å². The van der Waals surface area contributed by atoms with Crippen LogP contribution >= 0.6 is 15.9 Å². The van der Waals surface area contributed by atoms with Crippen molar-refractivity contribution in [3.63, 3.8) is 0 Å². The third-order valence-electron chi connectivity index (χ3n) is 6.62. The summed E-state index contributed by atoms with van der Waals surface area (Å²) in [6.45, 7) is 0. The first-order valence-corrected chi connectivity index (χ1v) is 13.3. The average molecular weight is 562 g/mol. The zero-order chi connectivity index (χ0) is 25.0. The second kappa shape index (κ2) is 8.56. The van der Waals surface area contributed by atoms with Crippen LogP contribution in [0.25, 0.3) is 11.3 Å². The third-order valence-corrected chi connectivity index (χ3v) is 8.51. The molecule has 2 N–H and O–H groups in total. The minimum Gasteiger partial charge on any atom is -0.495 e. The highest BCUT2D eigenvalue weighted by molar-refractivity contribution is 9.10. The molecule has 0 saturated heterocycles. The summed E-state index contributed by atoms with van der Waals surface area (Å²) in [5, 5.41) is 6.64. The van der Waals surface area contributed by atoms with E-state index in [9.17, 15) is 13.2 Å². The number of halogens is 1. The van der Waals surface area contributed by atoms with Crippen LogP contribution in [-0.4, -0.2) is 40.7 Å². The van der Waals surface area contributed by atoms with Crippen LogP contribution in [0.1, 0.15) is 29.5 Å². The molecule has 1 spiro atoms. The van der Waals surface area contributed by atoms with E-state index in [1.165, 1.54) is 39.0 Å². The molecule has 2 aromatic carbocycles. The van der Waals surface area contributed by atoms with Gasteiger partial charge >= 0.3 is 0 Å². The van der Waals surface area contributed by atoms with E-state index in [0.717, 1.165) is 28.4 Å². The number of aromatic nitrogens is 1. The molecule has 1 amide bonds. The number of likely N-dealkylation sites (N-methyl/N-ethyl adjacent to an activating group) is 1. The number of hydrogen-bond acceptors (Lipinski definition) is 7. The fourth-order valence-corrected chi connectivity index (χ4v) is 6.41. The number of carbonyl (C=O) groups excluding carboxylic acids is 1. The zero-order valence-electron chi connectivity index (χ0n) is 19.4. The predicted octanol–water partition coefficient (Wildman–Crippen LogP) is 3.80. The van der Waals surface area contributed by atoms with Crippen molar-refractivity contribution in [2.75, 3.05) is 26.0 Å². The van der Waals surface area contributed by atoms with Crippen LogP contribution in [0.2, 0.25) is 0 Å². The molecule has 0 radical (unpaired) electrons. The Morgan fingerprint density at radius 2 is 1.86 bits per heavy atom. The number of anilines is 1. The number of amides is 1. The zero-order valence-corrected chi connectivity index (χ0v) is 21.8. The summed E-state index contributed by atoms with van der Waals surface area (Å²) < 4.78 is 47.1. The van der Waals surface area contributed by atoms with Crippen molar-refractivity contribution in [3.8, 4) is 22.8 Å². The molecule has 1 saturated carbocycles. The van der Waals surface area contributed by atoms with Crippen LogP contribution in [0.15, 0.2) is 44.2 Å². The molecule has 35 heavy (non-hydrogen) atoms. The lowest BCUT2D eigenvalue weighted by Gasteiger charge is -2.24. The third kappa shape index (κ3) is 4.06. The Hall–Kier alpha value is -3.05. The number of methoxy groups -OCH3 is 2. The summed E-state index contributed by atoms with van der Waals surface area (Å²) in [6.07, 6.45) is 2.72. The summed E-state index contributed by atoms with van der Waals surface area (Å²) >= 11 is 3.52. The molecule has 9 nitrogen and oxygen atoms in total. The van der Waals surface area contributed by atoms with Crippen molar-refractivity contribution < 1.29 is 27.2 Å². The van der Waals surface area contributed by atoms with Gasteiger partial charge in [-0.05, 0) is 54.7 Å². The van der Waals surface area contributed by atoms with Crippen molar-refractivity contribution in [1.29, 1.82) is 0 Å². The average Bonchev–Trinajstić information content (AvgIpc) is 3.50. The fraction of sp³-hybridized carbons (Fsp3) is 0.333. The van der Waals surface area contributed by atoms with Crippen LogP contribution < -0.4 is 19.5 Å². The minimum atomic E-state index is -4.19. The van der Waals surface area contributed by atoms with Gasteiger partial charge in [-0.25, -0.2) is 8.42 Å². The predicted molar refractivity (Wildman–Crippen MR) is 132 cm³/mol. The van der Waals surface area contributed by atoms with Gasteiger partial charge in [-0.2, -0.15) is 0 Å². The smallest absolute Gasteiger partial charge is 0.270 e. The molecule has 0 atom stereocenters. The molecule has 0 aliphatic heterocycles. The van der Waals surface area contributed by atoms with E-state index in [4.69, 9.17) is 14.0 Å². The Labute approximate surface area is 211 Å². The van der Waals surface area contributed by atoms with Crippen LogP contribution in [0, 0.1) is 0 Å². The second-order valence-corrected chi connectivity index (χ2v) is 11.3. The topological polar surface area (TPSA) is 120 Å². The summed E-state index contributed by atoms with van der Waals surface area (Å²) in [5.41, 5.74) is 3.38. The van der Waals surface area contributed by atoms with E-state index < -0.39 is 10.0 Å². The Morgan fingerprint density at radius 3 is 2.46 bits per heavy atom. The van der Waals surface area contributed by atoms with Gasteiger partial charge in [0.05, 0.1) is 20.6 Å². The van der Waals surface area contributed by atoms with E-state index in [1.54, 1.807) is 0 Å².